The summed E-state index contributed by atoms with van der Waals surface area (Å²) < 4.78 is 1.37. The first-order chi connectivity index (χ1) is 7.58. The summed E-state index contributed by atoms with van der Waals surface area (Å²) in [6.45, 7) is 0.315. The Hall–Kier alpha value is -1.39. The topological polar surface area (TPSA) is 63.8 Å². The van der Waals surface area contributed by atoms with Crippen molar-refractivity contribution in [3.05, 3.63) is 50.2 Å². The second kappa shape index (κ2) is 4.23. The molecule has 0 unspecified atom stereocenters. The van der Waals surface area contributed by atoms with Crippen molar-refractivity contribution >= 4 is 29.0 Å². The molecule has 6 heteroatoms. The maximum absolute atomic E-state index is 11.4. The standard InChI is InChI=1S/C10H9Cl2N3O/c11-7-3-1-2-6(10(7)12)5-15-9(16)4-8(13)14-15/h1-4,14H,5,13H2. The van der Waals surface area contributed by atoms with Crippen molar-refractivity contribution in [1.29, 1.82) is 0 Å². The fourth-order valence-corrected chi connectivity index (χ4v) is 1.79. The number of nitrogens with one attached hydrogen (secondary N) is 1. The maximum Gasteiger partial charge on any atom is 0.268 e. The number of benzene rings is 1. The maximum atomic E-state index is 11.4. The number of H-pyrrole nitrogens is 1. The molecule has 0 aliphatic heterocycles. The van der Waals surface area contributed by atoms with Gasteiger partial charge in [0.15, 0.2) is 0 Å². The van der Waals surface area contributed by atoms with Crippen LogP contribution in [0.1, 0.15) is 5.56 Å². The summed E-state index contributed by atoms with van der Waals surface area (Å²) in [6.07, 6.45) is 0. The van der Waals surface area contributed by atoms with Gasteiger partial charge in [-0.1, -0.05) is 35.3 Å². The van der Waals surface area contributed by atoms with Crippen molar-refractivity contribution < 1.29 is 0 Å². The molecule has 0 bridgehead atoms. The lowest BCUT2D eigenvalue weighted by Gasteiger charge is -2.05. The minimum absolute atomic E-state index is 0.200. The van der Waals surface area contributed by atoms with Gasteiger partial charge in [-0.25, -0.2) is 4.68 Å². The average molecular weight is 258 g/mol. The van der Waals surface area contributed by atoms with Gasteiger partial charge in [0.25, 0.3) is 5.56 Å². The van der Waals surface area contributed by atoms with Gasteiger partial charge in [-0.3, -0.25) is 9.89 Å². The molecule has 4 nitrogen and oxygen atoms in total. The summed E-state index contributed by atoms with van der Waals surface area (Å²) >= 11 is 11.9. The van der Waals surface area contributed by atoms with Crippen LogP contribution in [0.5, 0.6) is 0 Å². The molecule has 0 saturated heterocycles. The van der Waals surface area contributed by atoms with Crippen molar-refractivity contribution in [3.8, 4) is 0 Å². The van der Waals surface area contributed by atoms with E-state index in [1.165, 1.54) is 10.7 Å². The van der Waals surface area contributed by atoms with E-state index in [0.717, 1.165) is 5.56 Å². The Kier molecular flexibility index (Phi) is 2.94. The van der Waals surface area contributed by atoms with Gasteiger partial charge in [0.1, 0.15) is 5.82 Å². The van der Waals surface area contributed by atoms with Gasteiger partial charge in [0.2, 0.25) is 0 Å². The van der Waals surface area contributed by atoms with Crippen LogP contribution in [0.15, 0.2) is 29.1 Å². The molecule has 84 valence electrons. The number of nitrogens with two attached hydrogens (primary N) is 1. The summed E-state index contributed by atoms with van der Waals surface area (Å²) in [7, 11) is 0. The second-order valence-corrected chi connectivity index (χ2v) is 4.13. The van der Waals surface area contributed by atoms with E-state index < -0.39 is 0 Å². The van der Waals surface area contributed by atoms with Crippen LogP contribution in [0.3, 0.4) is 0 Å². The van der Waals surface area contributed by atoms with E-state index in [0.29, 0.717) is 22.4 Å². The highest BCUT2D eigenvalue weighted by atomic mass is 35.5. The molecular weight excluding hydrogens is 249 g/mol. The number of nitrogens with zero attached hydrogens (tertiary/aromatic N) is 1. The summed E-state index contributed by atoms with van der Waals surface area (Å²) in [5.74, 6) is 0.322. The highest BCUT2D eigenvalue weighted by Gasteiger charge is 2.07. The van der Waals surface area contributed by atoms with Crippen molar-refractivity contribution in [3.63, 3.8) is 0 Å². The molecule has 0 atom stereocenters. The largest absolute Gasteiger partial charge is 0.384 e. The van der Waals surface area contributed by atoms with Crippen LogP contribution >= 0.6 is 23.2 Å². The van der Waals surface area contributed by atoms with Crippen LogP contribution in [0.2, 0.25) is 10.0 Å². The van der Waals surface area contributed by atoms with E-state index >= 15 is 0 Å². The molecule has 0 fully saturated rings. The molecule has 0 spiro atoms. The molecule has 1 aromatic heterocycles. The monoisotopic (exact) mass is 257 g/mol. The third-order valence-corrected chi connectivity index (χ3v) is 3.03. The van der Waals surface area contributed by atoms with Crippen LogP contribution in [-0.4, -0.2) is 9.78 Å². The van der Waals surface area contributed by atoms with E-state index in [2.05, 4.69) is 5.10 Å². The van der Waals surface area contributed by atoms with Gasteiger partial charge in [-0.15, -0.1) is 0 Å². The van der Waals surface area contributed by atoms with Crippen LogP contribution in [0.4, 0.5) is 5.82 Å². The number of aromatic amines is 1. The van der Waals surface area contributed by atoms with Crippen LogP contribution in [0.25, 0.3) is 0 Å². The molecule has 1 heterocycles. The third kappa shape index (κ3) is 2.08. The van der Waals surface area contributed by atoms with E-state index in [1.807, 2.05) is 0 Å². The van der Waals surface area contributed by atoms with Gasteiger partial charge in [0, 0.05) is 6.07 Å². The predicted molar refractivity (Wildman–Crippen MR) is 65.0 cm³/mol. The zero-order valence-electron chi connectivity index (χ0n) is 8.21. The zero-order valence-corrected chi connectivity index (χ0v) is 9.72. The van der Waals surface area contributed by atoms with Crippen LogP contribution in [0, 0.1) is 0 Å². The molecule has 0 saturated carbocycles. The van der Waals surface area contributed by atoms with E-state index in [9.17, 15) is 4.79 Å². The highest BCUT2D eigenvalue weighted by molar-refractivity contribution is 6.42. The number of anilines is 1. The molecule has 2 rings (SSSR count). The number of hydrogen-bond acceptors (Lipinski definition) is 2. The molecule has 0 aliphatic rings. The quantitative estimate of drug-likeness (QED) is 0.866. The molecule has 2 aromatic rings. The number of aromatic nitrogens is 2. The Morgan fingerprint density at radius 1 is 1.38 bits per heavy atom. The fraction of sp³-hybridized carbons (Fsp3) is 0.100. The first kappa shape index (κ1) is 11.1. The minimum Gasteiger partial charge on any atom is -0.384 e. The molecule has 3 N–H and O–H groups in total. The second-order valence-electron chi connectivity index (χ2n) is 3.35. The van der Waals surface area contributed by atoms with Gasteiger partial charge in [-0.05, 0) is 11.6 Å². The van der Waals surface area contributed by atoms with Crippen molar-refractivity contribution in [1.82, 2.24) is 9.78 Å². The molecule has 16 heavy (non-hydrogen) atoms. The Morgan fingerprint density at radius 2 is 2.12 bits per heavy atom. The van der Waals surface area contributed by atoms with Gasteiger partial charge in [-0.2, -0.15) is 0 Å². The first-order valence-corrected chi connectivity index (χ1v) is 5.32. The highest BCUT2D eigenvalue weighted by Crippen LogP contribution is 2.25. The molecule has 0 amide bonds. The first-order valence-electron chi connectivity index (χ1n) is 4.56. The van der Waals surface area contributed by atoms with E-state index in [4.69, 9.17) is 28.9 Å². The van der Waals surface area contributed by atoms with E-state index in [1.54, 1.807) is 18.2 Å². The Bertz CT molecular complexity index is 574. The molecule has 0 aliphatic carbocycles. The number of rotatable bonds is 2. The van der Waals surface area contributed by atoms with Gasteiger partial charge >= 0.3 is 0 Å². The number of halogens is 2. The molecule has 0 radical (unpaired) electrons. The Balaban J connectivity index is 2.38. The van der Waals surface area contributed by atoms with Gasteiger partial charge in [0.05, 0.1) is 16.6 Å². The lowest BCUT2D eigenvalue weighted by atomic mass is 10.2. The predicted octanol–water partition coefficient (Wildman–Crippen LogP) is 2.11. The Morgan fingerprint density at radius 3 is 2.75 bits per heavy atom. The van der Waals surface area contributed by atoms with Crippen LogP contribution in [-0.2, 0) is 6.54 Å². The SMILES string of the molecule is Nc1cc(=O)n(Cc2cccc(Cl)c2Cl)[nH]1. The normalized spacial score (nSPS) is 10.6. The van der Waals surface area contributed by atoms with Crippen molar-refractivity contribution in [2.75, 3.05) is 5.73 Å². The van der Waals surface area contributed by atoms with E-state index in [-0.39, 0.29) is 5.56 Å². The molecule has 1 aromatic carbocycles. The summed E-state index contributed by atoms with van der Waals surface area (Å²) in [5, 5.41) is 3.63. The fourth-order valence-electron chi connectivity index (χ4n) is 1.41. The number of hydrogen-bond donors (Lipinski definition) is 2. The van der Waals surface area contributed by atoms with Crippen molar-refractivity contribution in [2.45, 2.75) is 6.54 Å². The van der Waals surface area contributed by atoms with Gasteiger partial charge < -0.3 is 5.73 Å². The average Bonchev–Trinajstić information content (AvgIpc) is 2.53. The minimum atomic E-state index is -0.200. The van der Waals surface area contributed by atoms with Crippen LogP contribution < -0.4 is 11.3 Å². The molecular formula is C10H9Cl2N3O. The lowest BCUT2D eigenvalue weighted by Crippen LogP contribution is -2.16. The zero-order chi connectivity index (χ0) is 11.7. The Labute approximate surface area is 102 Å². The number of nitrogen functional groups attached to an aromatic ring is 1. The lowest BCUT2D eigenvalue weighted by molar-refractivity contribution is 0.667. The summed E-state index contributed by atoms with van der Waals surface area (Å²) in [6, 6.07) is 6.59. The summed E-state index contributed by atoms with van der Waals surface area (Å²) in [5.41, 5.74) is 6.03. The smallest absolute Gasteiger partial charge is 0.268 e. The third-order valence-electron chi connectivity index (χ3n) is 2.17. The summed E-state index contributed by atoms with van der Waals surface area (Å²) in [4.78, 5) is 11.4. The van der Waals surface area contributed by atoms with Crippen molar-refractivity contribution in [2.24, 2.45) is 0 Å².